The van der Waals surface area contributed by atoms with E-state index in [0.717, 1.165) is 20.8 Å². The Morgan fingerprint density at radius 3 is 2.83 bits per heavy atom. The predicted octanol–water partition coefficient (Wildman–Crippen LogP) is 2.53. The predicted molar refractivity (Wildman–Crippen MR) is 92.1 cm³/mol. The Bertz CT molecular complexity index is 656. The molecule has 1 saturated carbocycles. The van der Waals surface area contributed by atoms with Crippen LogP contribution in [0.4, 0.5) is 5.13 Å². The van der Waals surface area contributed by atoms with Gasteiger partial charge in [0.2, 0.25) is 11.0 Å². The second-order valence-corrected chi connectivity index (χ2v) is 7.41. The molecule has 0 bridgehead atoms. The minimum atomic E-state index is -0.0160. The van der Waals surface area contributed by atoms with Gasteiger partial charge in [0.05, 0.1) is 12.9 Å². The Kier molecular flexibility index (Phi) is 5.35. The third-order valence-electron chi connectivity index (χ3n) is 3.29. The van der Waals surface area contributed by atoms with Gasteiger partial charge in [-0.25, -0.2) is 0 Å². The van der Waals surface area contributed by atoms with E-state index in [4.69, 9.17) is 4.74 Å². The number of amides is 1. The van der Waals surface area contributed by atoms with Crippen LogP contribution in [0.3, 0.4) is 0 Å². The maximum atomic E-state index is 11.9. The van der Waals surface area contributed by atoms with Crippen molar-refractivity contribution in [2.45, 2.75) is 29.8 Å². The first-order valence-corrected chi connectivity index (χ1v) is 9.15. The molecule has 8 heteroatoms. The highest BCUT2D eigenvalue weighted by Gasteiger charge is 2.22. The van der Waals surface area contributed by atoms with Gasteiger partial charge >= 0.3 is 0 Å². The normalized spacial score (nSPS) is 13.6. The summed E-state index contributed by atoms with van der Waals surface area (Å²) in [6.07, 6.45) is 2.41. The largest absolute Gasteiger partial charge is 0.497 e. The summed E-state index contributed by atoms with van der Waals surface area (Å²) >= 11 is 2.91. The van der Waals surface area contributed by atoms with E-state index >= 15 is 0 Å². The number of carbonyl (C=O) groups is 1. The maximum Gasteiger partial charge on any atom is 0.230 e. The molecule has 0 spiro atoms. The van der Waals surface area contributed by atoms with Crippen molar-refractivity contribution in [3.05, 3.63) is 29.8 Å². The van der Waals surface area contributed by atoms with E-state index in [9.17, 15) is 4.79 Å². The number of hydrogen-bond donors (Lipinski definition) is 2. The number of nitrogens with zero attached hydrogens (tertiary/aromatic N) is 2. The number of benzene rings is 1. The molecule has 122 valence electrons. The van der Waals surface area contributed by atoms with Crippen molar-refractivity contribution in [2.75, 3.05) is 18.2 Å². The highest BCUT2D eigenvalue weighted by Crippen LogP contribution is 2.30. The van der Waals surface area contributed by atoms with Crippen LogP contribution >= 0.6 is 23.1 Å². The molecule has 0 saturated heterocycles. The molecule has 1 aliphatic carbocycles. The van der Waals surface area contributed by atoms with E-state index in [2.05, 4.69) is 20.8 Å². The van der Waals surface area contributed by atoms with Crippen LogP contribution < -0.4 is 15.4 Å². The van der Waals surface area contributed by atoms with Gasteiger partial charge in [0.15, 0.2) is 4.34 Å². The lowest BCUT2D eigenvalue weighted by Gasteiger charge is -2.05. The Morgan fingerprint density at radius 1 is 1.35 bits per heavy atom. The molecule has 1 heterocycles. The Morgan fingerprint density at radius 2 is 2.13 bits per heavy atom. The first-order valence-electron chi connectivity index (χ1n) is 7.35. The van der Waals surface area contributed by atoms with Gasteiger partial charge in [-0.15, -0.1) is 10.2 Å². The summed E-state index contributed by atoms with van der Waals surface area (Å²) in [4.78, 5) is 11.9. The van der Waals surface area contributed by atoms with Crippen LogP contribution in [-0.4, -0.2) is 35.0 Å². The van der Waals surface area contributed by atoms with Crippen LogP contribution in [0.15, 0.2) is 28.6 Å². The van der Waals surface area contributed by atoms with Crippen LogP contribution in [0, 0.1) is 0 Å². The highest BCUT2D eigenvalue weighted by atomic mass is 32.2. The number of aromatic nitrogens is 2. The quantitative estimate of drug-likeness (QED) is 0.713. The molecule has 1 aromatic heterocycles. The Labute approximate surface area is 143 Å². The number of hydrogen-bond acceptors (Lipinski definition) is 7. The molecule has 0 atom stereocenters. The lowest BCUT2D eigenvalue weighted by molar-refractivity contribution is -0.118. The molecule has 0 radical (unpaired) electrons. The van der Waals surface area contributed by atoms with Crippen molar-refractivity contribution in [1.82, 2.24) is 15.5 Å². The minimum Gasteiger partial charge on any atom is -0.497 e. The van der Waals surface area contributed by atoms with E-state index in [0.29, 0.717) is 18.3 Å². The van der Waals surface area contributed by atoms with E-state index < -0.39 is 0 Å². The number of carbonyl (C=O) groups excluding carboxylic acids is 1. The zero-order valence-electron chi connectivity index (χ0n) is 12.7. The first kappa shape index (κ1) is 16.1. The summed E-state index contributed by atoms with van der Waals surface area (Å²) in [5.41, 5.74) is 1.04. The third kappa shape index (κ3) is 5.11. The molecule has 1 aliphatic rings. The van der Waals surface area contributed by atoms with Gasteiger partial charge in [0.25, 0.3) is 0 Å². The van der Waals surface area contributed by atoms with Gasteiger partial charge in [0, 0.05) is 12.6 Å². The Hall–Kier alpha value is -1.80. The molecule has 0 unspecified atom stereocenters. The lowest BCUT2D eigenvalue weighted by Crippen LogP contribution is -2.24. The number of methoxy groups -OCH3 is 1. The highest BCUT2D eigenvalue weighted by molar-refractivity contribution is 8.01. The molecule has 1 amide bonds. The molecule has 2 aromatic rings. The number of anilines is 1. The zero-order valence-corrected chi connectivity index (χ0v) is 14.4. The number of thioether (sulfide) groups is 1. The first-order chi connectivity index (χ1) is 11.2. The lowest BCUT2D eigenvalue weighted by atomic mass is 10.2. The van der Waals surface area contributed by atoms with Crippen LogP contribution in [0.25, 0.3) is 0 Å². The van der Waals surface area contributed by atoms with Crippen molar-refractivity contribution < 1.29 is 9.53 Å². The van der Waals surface area contributed by atoms with Crippen molar-refractivity contribution >= 4 is 34.1 Å². The molecule has 0 aliphatic heterocycles. The second kappa shape index (κ2) is 7.65. The van der Waals surface area contributed by atoms with Crippen molar-refractivity contribution in [1.29, 1.82) is 0 Å². The summed E-state index contributed by atoms with van der Waals surface area (Å²) in [6.45, 7) is 0.508. The van der Waals surface area contributed by atoms with Crippen LogP contribution in [0.2, 0.25) is 0 Å². The average Bonchev–Trinajstić information content (AvgIpc) is 3.28. The topological polar surface area (TPSA) is 76.1 Å². The van der Waals surface area contributed by atoms with Gasteiger partial charge in [-0.3, -0.25) is 4.79 Å². The average molecular weight is 350 g/mol. The van der Waals surface area contributed by atoms with Gasteiger partial charge in [-0.1, -0.05) is 35.2 Å². The minimum absolute atomic E-state index is 0.0160. The summed E-state index contributed by atoms with van der Waals surface area (Å²) in [6, 6.07) is 8.20. The molecule has 1 aromatic carbocycles. The molecule has 6 nitrogen and oxygen atoms in total. The fourth-order valence-corrected chi connectivity index (χ4v) is 3.51. The third-order valence-corrected chi connectivity index (χ3v) is 5.27. The smallest absolute Gasteiger partial charge is 0.230 e. The summed E-state index contributed by atoms with van der Waals surface area (Å²) < 4.78 is 5.92. The maximum absolute atomic E-state index is 11.9. The monoisotopic (exact) mass is 350 g/mol. The molecule has 23 heavy (non-hydrogen) atoms. The summed E-state index contributed by atoms with van der Waals surface area (Å²) in [5, 5.41) is 15.2. The molecule has 2 N–H and O–H groups in total. The molecular weight excluding hydrogens is 332 g/mol. The molecule has 1 fully saturated rings. The van der Waals surface area contributed by atoms with Crippen LogP contribution in [0.1, 0.15) is 18.4 Å². The second-order valence-electron chi connectivity index (χ2n) is 5.21. The molecule has 3 rings (SSSR count). The number of nitrogens with one attached hydrogen (secondary N) is 2. The Balaban J connectivity index is 1.39. The van der Waals surface area contributed by atoms with Crippen molar-refractivity contribution in [3.63, 3.8) is 0 Å². The van der Waals surface area contributed by atoms with E-state index in [-0.39, 0.29) is 5.91 Å². The molecular formula is C15H18N4O2S2. The van der Waals surface area contributed by atoms with Crippen LogP contribution in [0.5, 0.6) is 5.75 Å². The van der Waals surface area contributed by atoms with Gasteiger partial charge in [0.1, 0.15) is 5.75 Å². The number of rotatable bonds is 8. The van der Waals surface area contributed by atoms with Gasteiger partial charge < -0.3 is 15.4 Å². The summed E-state index contributed by atoms with van der Waals surface area (Å²) in [7, 11) is 1.63. The zero-order chi connectivity index (χ0) is 16.1. The standard InChI is InChI=1S/C15H18N4O2S2/c1-21-12-6-2-10(3-7-12)8-16-13(20)9-22-15-19-18-14(23-15)17-11-4-5-11/h2-3,6-7,11H,4-5,8-9H2,1H3,(H,16,20)(H,17,18). The van der Waals surface area contributed by atoms with Crippen LogP contribution in [-0.2, 0) is 11.3 Å². The SMILES string of the molecule is COc1ccc(CNC(=O)CSc2nnc(NC3CC3)s2)cc1. The fourth-order valence-electron chi connectivity index (χ4n) is 1.85. The van der Waals surface area contributed by atoms with Crippen molar-refractivity contribution in [2.24, 2.45) is 0 Å². The van der Waals surface area contributed by atoms with Gasteiger partial charge in [-0.05, 0) is 30.5 Å². The van der Waals surface area contributed by atoms with Gasteiger partial charge in [-0.2, -0.15) is 0 Å². The van der Waals surface area contributed by atoms with E-state index in [1.54, 1.807) is 7.11 Å². The fraction of sp³-hybridized carbons (Fsp3) is 0.400. The summed E-state index contributed by atoms with van der Waals surface area (Å²) in [5.74, 6) is 1.13. The van der Waals surface area contributed by atoms with E-state index in [1.165, 1.54) is 35.9 Å². The number of ether oxygens (including phenoxy) is 1. The van der Waals surface area contributed by atoms with Crippen molar-refractivity contribution in [3.8, 4) is 5.75 Å². The van der Waals surface area contributed by atoms with E-state index in [1.807, 2.05) is 24.3 Å².